The predicted molar refractivity (Wildman–Crippen MR) is 57.1 cm³/mol. The van der Waals surface area contributed by atoms with Crippen LogP contribution in [0.25, 0.3) is 0 Å². The summed E-state index contributed by atoms with van der Waals surface area (Å²) in [5, 5.41) is 7.94. The number of ether oxygens (including phenoxy) is 1. The fourth-order valence-corrected chi connectivity index (χ4v) is 1.69. The molecule has 0 aliphatic heterocycles. The van der Waals surface area contributed by atoms with Crippen LogP contribution in [0.3, 0.4) is 0 Å². The molecule has 0 spiro atoms. The van der Waals surface area contributed by atoms with E-state index in [1.165, 1.54) is 0 Å². The van der Waals surface area contributed by atoms with Gasteiger partial charge in [-0.2, -0.15) is 5.26 Å². The first-order valence-electron chi connectivity index (χ1n) is 5.00. The van der Waals surface area contributed by atoms with E-state index in [9.17, 15) is 0 Å². The summed E-state index contributed by atoms with van der Waals surface area (Å²) < 4.78 is 5.41. The van der Waals surface area contributed by atoms with Gasteiger partial charge in [-0.05, 0) is 24.7 Å². The van der Waals surface area contributed by atoms with E-state index in [1.807, 2.05) is 6.07 Å². The SMILES string of the molecule is CC1CC=CCC1COCC(Cl)C#N. The van der Waals surface area contributed by atoms with Crippen molar-refractivity contribution in [2.45, 2.75) is 25.1 Å². The maximum Gasteiger partial charge on any atom is 0.143 e. The molecular weight excluding hydrogens is 198 g/mol. The van der Waals surface area contributed by atoms with Crippen LogP contribution in [0.5, 0.6) is 0 Å². The zero-order valence-electron chi connectivity index (χ0n) is 8.45. The zero-order chi connectivity index (χ0) is 10.4. The molecule has 1 rings (SSSR count). The Morgan fingerprint density at radius 2 is 2.29 bits per heavy atom. The summed E-state index contributed by atoms with van der Waals surface area (Å²) in [7, 11) is 0. The Bertz CT molecular complexity index is 234. The van der Waals surface area contributed by atoms with Crippen molar-refractivity contribution >= 4 is 11.6 Å². The van der Waals surface area contributed by atoms with Gasteiger partial charge in [0.1, 0.15) is 5.38 Å². The normalized spacial score (nSPS) is 28.4. The highest BCUT2D eigenvalue weighted by Crippen LogP contribution is 2.25. The van der Waals surface area contributed by atoms with E-state index in [0.29, 0.717) is 18.4 Å². The molecule has 0 radical (unpaired) electrons. The average molecular weight is 214 g/mol. The number of halogens is 1. The minimum atomic E-state index is -0.510. The summed E-state index contributed by atoms with van der Waals surface area (Å²) in [6.45, 7) is 3.29. The van der Waals surface area contributed by atoms with Gasteiger partial charge < -0.3 is 4.74 Å². The Balaban J connectivity index is 2.18. The molecule has 0 aromatic rings. The van der Waals surface area contributed by atoms with Gasteiger partial charge in [0.15, 0.2) is 0 Å². The molecule has 78 valence electrons. The van der Waals surface area contributed by atoms with Crippen molar-refractivity contribution in [3.05, 3.63) is 12.2 Å². The van der Waals surface area contributed by atoms with Crippen molar-refractivity contribution in [3.8, 4) is 6.07 Å². The molecule has 0 amide bonds. The maximum absolute atomic E-state index is 8.45. The number of nitriles is 1. The molecule has 3 heteroatoms. The molecule has 1 aliphatic carbocycles. The third kappa shape index (κ3) is 3.69. The van der Waals surface area contributed by atoms with Crippen LogP contribution in [-0.2, 0) is 4.74 Å². The second kappa shape index (κ2) is 6.06. The quantitative estimate of drug-likeness (QED) is 0.532. The van der Waals surface area contributed by atoms with E-state index in [2.05, 4.69) is 19.1 Å². The Morgan fingerprint density at radius 3 is 2.93 bits per heavy atom. The predicted octanol–water partition coefficient (Wildman–Crippen LogP) is 2.74. The first-order chi connectivity index (χ1) is 6.74. The molecule has 0 saturated carbocycles. The van der Waals surface area contributed by atoms with E-state index >= 15 is 0 Å². The number of allylic oxidation sites excluding steroid dienone is 2. The van der Waals surface area contributed by atoms with Crippen molar-refractivity contribution in [1.29, 1.82) is 5.26 Å². The molecule has 3 atom stereocenters. The van der Waals surface area contributed by atoms with Crippen molar-refractivity contribution < 1.29 is 4.74 Å². The highest BCUT2D eigenvalue weighted by molar-refractivity contribution is 6.22. The highest BCUT2D eigenvalue weighted by Gasteiger charge is 2.18. The zero-order valence-corrected chi connectivity index (χ0v) is 9.20. The van der Waals surface area contributed by atoms with Gasteiger partial charge in [0, 0.05) is 0 Å². The summed E-state index contributed by atoms with van der Waals surface area (Å²) in [5.41, 5.74) is 0. The van der Waals surface area contributed by atoms with Crippen LogP contribution in [-0.4, -0.2) is 18.6 Å². The minimum absolute atomic E-state index is 0.338. The lowest BCUT2D eigenvalue weighted by molar-refractivity contribution is 0.0841. The Labute approximate surface area is 90.5 Å². The molecule has 0 saturated heterocycles. The van der Waals surface area contributed by atoms with Gasteiger partial charge in [-0.15, -0.1) is 11.6 Å². The largest absolute Gasteiger partial charge is 0.379 e. The van der Waals surface area contributed by atoms with Crippen LogP contribution in [0.4, 0.5) is 0 Å². The van der Waals surface area contributed by atoms with Crippen LogP contribution >= 0.6 is 11.6 Å². The second-order valence-corrected chi connectivity index (χ2v) is 4.34. The summed E-state index contributed by atoms with van der Waals surface area (Å²) in [5.74, 6) is 1.26. The first kappa shape index (κ1) is 11.6. The summed E-state index contributed by atoms with van der Waals surface area (Å²) >= 11 is 5.62. The Hall–Kier alpha value is -0.520. The highest BCUT2D eigenvalue weighted by atomic mass is 35.5. The van der Waals surface area contributed by atoms with Crippen LogP contribution < -0.4 is 0 Å². The van der Waals surface area contributed by atoms with Crippen LogP contribution in [0.15, 0.2) is 12.2 Å². The molecule has 14 heavy (non-hydrogen) atoms. The average Bonchev–Trinajstić information content (AvgIpc) is 2.20. The van der Waals surface area contributed by atoms with E-state index in [-0.39, 0.29) is 0 Å². The number of hydrogen-bond acceptors (Lipinski definition) is 2. The smallest absolute Gasteiger partial charge is 0.143 e. The van der Waals surface area contributed by atoms with Crippen LogP contribution in [0, 0.1) is 23.2 Å². The number of hydrogen-bond donors (Lipinski definition) is 0. The molecule has 0 N–H and O–H groups in total. The second-order valence-electron chi connectivity index (χ2n) is 3.81. The standard InChI is InChI=1S/C11H16ClNO/c1-9-4-2-3-5-10(9)7-14-8-11(12)6-13/h2-3,9-11H,4-5,7-8H2,1H3. The lowest BCUT2D eigenvalue weighted by atomic mass is 9.85. The first-order valence-corrected chi connectivity index (χ1v) is 5.44. The van der Waals surface area contributed by atoms with Gasteiger partial charge in [-0.1, -0.05) is 19.1 Å². The topological polar surface area (TPSA) is 33.0 Å². The fraction of sp³-hybridized carbons (Fsp3) is 0.727. The van der Waals surface area contributed by atoms with Gasteiger partial charge in [0.05, 0.1) is 19.3 Å². The molecule has 0 heterocycles. The Kier molecular flexibility index (Phi) is 5.00. The lowest BCUT2D eigenvalue weighted by Crippen LogP contribution is -2.21. The number of nitrogens with zero attached hydrogens (tertiary/aromatic N) is 1. The number of alkyl halides is 1. The molecule has 0 aromatic carbocycles. The summed E-state index contributed by atoms with van der Waals surface area (Å²) in [4.78, 5) is 0. The van der Waals surface area contributed by atoms with Crippen molar-refractivity contribution in [2.75, 3.05) is 13.2 Å². The van der Waals surface area contributed by atoms with Crippen molar-refractivity contribution in [1.82, 2.24) is 0 Å². The van der Waals surface area contributed by atoms with E-state index < -0.39 is 5.38 Å². The van der Waals surface area contributed by atoms with Gasteiger partial charge >= 0.3 is 0 Å². The van der Waals surface area contributed by atoms with Gasteiger partial charge in [0.25, 0.3) is 0 Å². The number of rotatable bonds is 4. The van der Waals surface area contributed by atoms with E-state index in [1.54, 1.807) is 0 Å². The third-order valence-electron chi connectivity index (χ3n) is 2.65. The van der Waals surface area contributed by atoms with Gasteiger partial charge in [-0.3, -0.25) is 0 Å². The summed E-state index contributed by atoms with van der Waals surface area (Å²) in [6.07, 6.45) is 6.65. The van der Waals surface area contributed by atoms with E-state index in [0.717, 1.165) is 19.4 Å². The molecule has 0 aromatic heterocycles. The van der Waals surface area contributed by atoms with Crippen LogP contribution in [0.1, 0.15) is 19.8 Å². The Morgan fingerprint density at radius 1 is 1.57 bits per heavy atom. The molecule has 2 nitrogen and oxygen atoms in total. The fourth-order valence-electron chi connectivity index (χ4n) is 1.60. The maximum atomic E-state index is 8.45. The van der Waals surface area contributed by atoms with Crippen molar-refractivity contribution in [3.63, 3.8) is 0 Å². The van der Waals surface area contributed by atoms with Gasteiger partial charge in [-0.25, -0.2) is 0 Å². The summed E-state index contributed by atoms with van der Waals surface area (Å²) in [6, 6.07) is 1.94. The molecule has 3 unspecified atom stereocenters. The van der Waals surface area contributed by atoms with Crippen molar-refractivity contribution in [2.24, 2.45) is 11.8 Å². The van der Waals surface area contributed by atoms with Crippen LogP contribution in [0.2, 0.25) is 0 Å². The van der Waals surface area contributed by atoms with E-state index in [4.69, 9.17) is 21.6 Å². The molecule has 0 fully saturated rings. The molecule has 0 bridgehead atoms. The molecular formula is C11H16ClNO. The van der Waals surface area contributed by atoms with Gasteiger partial charge in [0.2, 0.25) is 0 Å². The lowest BCUT2D eigenvalue weighted by Gasteiger charge is -2.24. The third-order valence-corrected chi connectivity index (χ3v) is 2.88. The monoisotopic (exact) mass is 213 g/mol. The molecule has 1 aliphatic rings. The minimum Gasteiger partial charge on any atom is -0.379 e.